The van der Waals surface area contributed by atoms with Crippen LogP contribution < -0.4 is 10.1 Å². The standard InChI is InChI=1S/C22H28N2O3/c1-17-6-2-3-7-21(17)27-16-20(25)22(26)23-14-18-8-10-19(11-9-18)15-24-12-4-5-13-24/h2-3,6-11,20,25H,4-5,12-16H2,1H3,(H,23,26). The maximum Gasteiger partial charge on any atom is 0.252 e. The maximum atomic E-state index is 12.1. The molecule has 0 aromatic heterocycles. The van der Waals surface area contributed by atoms with Gasteiger partial charge in [0.2, 0.25) is 0 Å². The molecule has 5 heteroatoms. The van der Waals surface area contributed by atoms with Crippen LogP contribution in [-0.2, 0) is 17.9 Å². The van der Waals surface area contributed by atoms with Gasteiger partial charge in [-0.05, 0) is 55.6 Å². The van der Waals surface area contributed by atoms with E-state index in [0.717, 1.165) is 17.7 Å². The summed E-state index contributed by atoms with van der Waals surface area (Å²) in [7, 11) is 0. The highest BCUT2D eigenvalue weighted by atomic mass is 16.5. The van der Waals surface area contributed by atoms with Crippen molar-refractivity contribution in [2.24, 2.45) is 0 Å². The quantitative estimate of drug-likeness (QED) is 0.752. The summed E-state index contributed by atoms with van der Waals surface area (Å²) in [6, 6.07) is 15.8. The topological polar surface area (TPSA) is 61.8 Å². The van der Waals surface area contributed by atoms with Crippen molar-refractivity contribution in [1.29, 1.82) is 0 Å². The van der Waals surface area contributed by atoms with Crippen LogP contribution in [0, 0.1) is 6.92 Å². The van der Waals surface area contributed by atoms with Crippen molar-refractivity contribution in [3.05, 3.63) is 65.2 Å². The first-order valence-corrected chi connectivity index (χ1v) is 9.56. The monoisotopic (exact) mass is 368 g/mol. The molecule has 1 fully saturated rings. The van der Waals surface area contributed by atoms with Crippen molar-refractivity contribution in [3.8, 4) is 5.75 Å². The molecule has 0 radical (unpaired) electrons. The number of aliphatic hydroxyl groups excluding tert-OH is 1. The van der Waals surface area contributed by atoms with Crippen LogP contribution in [0.2, 0.25) is 0 Å². The number of ether oxygens (including phenoxy) is 1. The van der Waals surface area contributed by atoms with E-state index in [1.54, 1.807) is 0 Å². The summed E-state index contributed by atoms with van der Waals surface area (Å²) < 4.78 is 5.54. The van der Waals surface area contributed by atoms with Crippen LogP contribution >= 0.6 is 0 Å². The smallest absolute Gasteiger partial charge is 0.252 e. The Hall–Kier alpha value is -2.37. The number of aryl methyl sites for hydroxylation is 1. The summed E-state index contributed by atoms with van der Waals surface area (Å²) in [4.78, 5) is 14.5. The molecule has 27 heavy (non-hydrogen) atoms. The van der Waals surface area contributed by atoms with Gasteiger partial charge in [-0.2, -0.15) is 0 Å². The third-order valence-electron chi connectivity index (χ3n) is 4.89. The highest BCUT2D eigenvalue weighted by Gasteiger charge is 2.16. The largest absolute Gasteiger partial charge is 0.490 e. The minimum atomic E-state index is -1.20. The van der Waals surface area contributed by atoms with E-state index in [2.05, 4.69) is 22.3 Å². The highest BCUT2D eigenvalue weighted by molar-refractivity contribution is 5.80. The van der Waals surface area contributed by atoms with Crippen LogP contribution in [0.25, 0.3) is 0 Å². The Bertz CT molecular complexity index is 739. The zero-order valence-electron chi connectivity index (χ0n) is 15.9. The molecule has 0 aliphatic carbocycles. The van der Waals surface area contributed by atoms with Gasteiger partial charge in [-0.25, -0.2) is 0 Å². The van der Waals surface area contributed by atoms with Gasteiger partial charge in [0, 0.05) is 13.1 Å². The summed E-state index contributed by atoms with van der Waals surface area (Å²) in [5, 5.41) is 12.8. The van der Waals surface area contributed by atoms with E-state index in [1.165, 1.54) is 31.5 Å². The second kappa shape index (κ2) is 9.53. The predicted molar refractivity (Wildman–Crippen MR) is 105 cm³/mol. The van der Waals surface area contributed by atoms with E-state index in [9.17, 15) is 9.90 Å². The number of amides is 1. The summed E-state index contributed by atoms with van der Waals surface area (Å²) in [6.07, 6.45) is 1.39. The number of nitrogens with zero attached hydrogens (tertiary/aromatic N) is 1. The lowest BCUT2D eigenvalue weighted by Crippen LogP contribution is -2.37. The molecule has 0 spiro atoms. The highest BCUT2D eigenvalue weighted by Crippen LogP contribution is 2.16. The zero-order valence-corrected chi connectivity index (χ0v) is 15.9. The first-order chi connectivity index (χ1) is 13.1. The van der Waals surface area contributed by atoms with Gasteiger partial charge >= 0.3 is 0 Å². The van der Waals surface area contributed by atoms with Crippen LogP contribution in [0.15, 0.2) is 48.5 Å². The SMILES string of the molecule is Cc1ccccc1OCC(O)C(=O)NCc1ccc(CN2CCCC2)cc1. The number of carbonyl (C=O) groups is 1. The molecule has 1 aliphatic rings. The van der Waals surface area contributed by atoms with Gasteiger partial charge in [0.05, 0.1) is 0 Å². The normalized spacial score (nSPS) is 15.5. The van der Waals surface area contributed by atoms with E-state index in [-0.39, 0.29) is 6.61 Å². The number of hydrogen-bond donors (Lipinski definition) is 2. The fourth-order valence-electron chi connectivity index (χ4n) is 3.23. The van der Waals surface area contributed by atoms with Crippen molar-refractivity contribution < 1.29 is 14.6 Å². The molecule has 1 aliphatic heterocycles. The molecule has 144 valence electrons. The van der Waals surface area contributed by atoms with Gasteiger partial charge in [-0.1, -0.05) is 42.5 Å². The average molecular weight is 368 g/mol. The maximum absolute atomic E-state index is 12.1. The Labute approximate surface area is 161 Å². The van der Waals surface area contributed by atoms with Gasteiger partial charge < -0.3 is 15.2 Å². The number of nitrogens with one attached hydrogen (secondary N) is 1. The number of para-hydroxylation sites is 1. The van der Waals surface area contributed by atoms with Crippen LogP contribution in [0.3, 0.4) is 0 Å². The lowest BCUT2D eigenvalue weighted by atomic mass is 10.1. The van der Waals surface area contributed by atoms with E-state index < -0.39 is 12.0 Å². The van der Waals surface area contributed by atoms with Gasteiger partial charge in [-0.15, -0.1) is 0 Å². The summed E-state index contributed by atoms with van der Waals surface area (Å²) in [5.74, 6) is 0.252. The van der Waals surface area contributed by atoms with Gasteiger partial charge in [0.1, 0.15) is 12.4 Å². The van der Waals surface area contributed by atoms with E-state index in [4.69, 9.17) is 4.74 Å². The Morgan fingerprint density at radius 2 is 1.78 bits per heavy atom. The summed E-state index contributed by atoms with van der Waals surface area (Å²) >= 11 is 0. The van der Waals surface area contributed by atoms with Crippen molar-refractivity contribution in [2.75, 3.05) is 19.7 Å². The van der Waals surface area contributed by atoms with E-state index in [0.29, 0.717) is 12.3 Å². The first-order valence-electron chi connectivity index (χ1n) is 9.56. The Morgan fingerprint density at radius 3 is 2.48 bits per heavy atom. The molecule has 2 aromatic carbocycles. The molecule has 1 unspecified atom stereocenters. The lowest BCUT2D eigenvalue weighted by molar-refractivity contribution is -0.130. The summed E-state index contributed by atoms with van der Waals surface area (Å²) in [5.41, 5.74) is 3.28. The van der Waals surface area contributed by atoms with Gasteiger partial charge in [0.25, 0.3) is 5.91 Å². The molecule has 1 atom stereocenters. The Balaban J connectivity index is 1.42. The zero-order chi connectivity index (χ0) is 19.1. The number of benzene rings is 2. The molecule has 5 nitrogen and oxygen atoms in total. The van der Waals surface area contributed by atoms with Crippen LogP contribution in [0.5, 0.6) is 5.75 Å². The molecule has 2 N–H and O–H groups in total. The lowest BCUT2D eigenvalue weighted by Gasteiger charge is -2.15. The molecule has 0 saturated carbocycles. The van der Waals surface area contributed by atoms with Gasteiger partial charge in [-0.3, -0.25) is 9.69 Å². The third-order valence-corrected chi connectivity index (χ3v) is 4.89. The molecular formula is C22H28N2O3. The molecular weight excluding hydrogens is 340 g/mol. The fraction of sp³-hybridized carbons (Fsp3) is 0.409. The van der Waals surface area contributed by atoms with Gasteiger partial charge in [0.15, 0.2) is 6.10 Å². The number of hydrogen-bond acceptors (Lipinski definition) is 4. The van der Waals surface area contributed by atoms with E-state index in [1.807, 2.05) is 43.3 Å². The van der Waals surface area contributed by atoms with Crippen LogP contribution in [-0.4, -0.2) is 41.7 Å². The Kier molecular flexibility index (Phi) is 6.85. The van der Waals surface area contributed by atoms with Crippen molar-refractivity contribution in [1.82, 2.24) is 10.2 Å². The molecule has 1 saturated heterocycles. The number of aliphatic hydroxyl groups is 1. The van der Waals surface area contributed by atoms with Crippen molar-refractivity contribution >= 4 is 5.91 Å². The average Bonchev–Trinajstić information content (AvgIpc) is 3.19. The Morgan fingerprint density at radius 1 is 1.11 bits per heavy atom. The van der Waals surface area contributed by atoms with Crippen LogP contribution in [0.4, 0.5) is 0 Å². The molecule has 2 aromatic rings. The second-order valence-electron chi connectivity index (χ2n) is 7.11. The molecule has 0 bridgehead atoms. The molecule has 1 heterocycles. The van der Waals surface area contributed by atoms with Crippen molar-refractivity contribution in [3.63, 3.8) is 0 Å². The number of likely N-dealkylation sites (tertiary alicyclic amines) is 1. The van der Waals surface area contributed by atoms with Crippen LogP contribution in [0.1, 0.15) is 29.5 Å². The molecule has 1 amide bonds. The fourth-order valence-corrected chi connectivity index (χ4v) is 3.23. The minimum absolute atomic E-state index is 0.0640. The van der Waals surface area contributed by atoms with Crippen molar-refractivity contribution in [2.45, 2.75) is 39.0 Å². The third kappa shape index (κ3) is 5.81. The van der Waals surface area contributed by atoms with E-state index >= 15 is 0 Å². The first kappa shape index (κ1) is 19.4. The molecule has 3 rings (SSSR count). The minimum Gasteiger partial charge on any atom is -0.490 e. The second-order valence-corrected chi connectivity index (χ2v) is 7.11. The number of rotatable bonds is 8. The summed E-state index contributed by atoms with van der Waals surface area (Å²) in [6.45, 7) is 5.60. The predicted octanol–water partition coefficient (Wildman–Crippen LogP) is 2.65. The number of carbonyl (C=O) groups excluding carboxylic acids is 1.